The minimum Gasteiger partial charge on any atom is -0.382 e. The first kappa shape index (κ1) is 15.1. The Bertz CT molecular complexity index is 287. The van der Waals surface area contributed by atoms with Crippen molar-refractivity contribution < 1.29 is 9.47 Å². The summed E-state index contributed by atoms with van der Waals surface area (Å²) in [6, 6.07) is 0.706. The van der Waals surface area contributed by atoms with E-state index in [1.807, 2.05) is 11.8 Å². The molecule has 0 amide bonds. The fourth-order valence-electron chi connectivity index (χ4n) is 2.64. The molecule has 0 radical (unpaired) electrons. The Morgan fingerprint density at radius 3 is 3.11 bits per heavy atom. The van der Waals surface area contributed by atoms with Gasteiger partial charge in [-0.05, 0) is 31.6 Å². The number of methoxy groups -OCH3 is 1. The van der Waals surface area contributed by atoms with Crippen LogP contribution >= 0.6 is 11.8 Å². The van der Waals surface area contributed by atoms with Crippen LogP contribution in [-0.2, 0) is 9.47 Å². The molecule has 0 bridgehead atoms. The van der Waals surface area contributed by atoms with Gasteiger partial charge in [0.05, 0.1) is 13.2 Å². The van der Waals surface area contributed by atoms with E-state index in [-0.39, 0.29) is 0 Å². The van der Waals surface area contributed by atoms with Gasteiger partial charge in [0.2, 0.25) is 0 Å². The van der Waals surface area contributed by atoms with Crippen molar-refractivity contribution in [3.05, 3.63) is 0 Å². The summed E-state index contributed by atoms with van der Waals surface area (Å²) in [5.74, 6) is 2.15. The maximum Gasteiger partial charge on any atom is 0.156 e. The van der Waals surface area contributed by atoms with Gasteiger partial charge in [0, 0.05) is 32.1 Å². The lowest BCUT2D eigenvalue weighted by molar-refractivity contribution is 0.0690. The Balaban J connectivity index is 1.51. The molecule has 1 heterocycles. The largest absolute Gasteiger partial charge is 0.382 e. The monoisotopic (exact) mass is 286 g/mol. The zero-order valence-corrected chi connectivity index (χ0v) is 12.7. The van der Waals surface area contributed by atoms with Gasteiger partial charge >= 0.3 is 0 Å². The molecule has 2 aliphatic rings. The Kier molecular flexibility index (Phi) is 7.03. The predicted octanol–water partition coefficient (Wildman–Crippen LogP) is 2.29. The second kappa shape index (κ2) is 8.82. The zero-order valence-electron chi connectivity index (χ0n) is 11.9. The number of thioether (sulfide) groups is 1. The van der Waals surface area contributed by atoms with Gasteiger partial charge in [-0.1, -0.05) is 18.2 Å². The summed E-state index contributed by atoms with van der Waals surface area (Å²) in [6.45, 7) is 3.12. The number of nitrogens with zero attached hydrogens (tertiary/aromatic N) is 1. The molecule has 2 rings (SSSR count). The molecule has 1 N–H and O–H groups in total. The summed E-state index contributed by atoms with van der Waals surface area (Å²) in [5, 5.41) is 4.77. The van der Waals surface area contributed by atoms with Crippen molar-refractivity contribution in [1.29, 1.82) is 0 Å². The van der Waals surface area contributed by atoms with Crippen LogP contribution in [0.4, 0.5) is 0 Å². The first-order valence-corrected chi connectivity index (χ1v) is 8.39. The number of aliphatic imine (C=N–C) groups is 1. The molecule has 5 heteroatoms. The standard InChI is InChI=1S/C14H26N2O2S/c1-17-9-10-18-8-3-2-7-15-14-16-13-6-4-5-12(13)11-19-14/h12-13H,2-11H2,1H3,(H,15,16). The highest BCUT2D eigenvalue weighted by atomic mass is 32.2. The van der Waals surface area contributed by atoms with Crippen LogP contribution in [0, 0.1) is 5.92 Å². The highest BCUT2D eigenvalue weighted by molar-refractivity contribution is 8.13. The zero-order chi connectivity index (χ0) is 13.3. The lowest BCUT2D eigenvalue weighted by atomic mass is 10.1. The van der Waals surface area contributed by atoms with Crippen LogP contribution in [0.5, 0.6) is 0 Å². The van der Waals surface area contributed by atoms with E-state index in [0.717, 1.165) is 31.9 Å². The van der Waals surface area contributed by atoms with Crippen molar-refractivity contribution in [3.63, 3.8) is 0 Å². The number of fused-ring (bicyclic) bond motifs is 1. The fourth-order valence-corrected chi connectivity index (χ4v) is 3.83. The molecular formula is C14H26N2O2S. The molecule has 1 aliphatic carbocycles. The number of rotatable bonds is 8. The van der Waals surface area contributed by atoms with Crippen molar-refractivity contribution in [1.82, 2.24) is 5.32 Å². The van der Waals surface area contributed by atoms with E-state index in [1.54, 1.807) is 7.11 Å². The number of nitrogens with one attached hydrogen (secondary N) is 1. The molecule has 1 saturated heterocycles. The number of unbranched alkanes of at least 4 members (excludes halogenated alkanes) is 1. The molecule has 2 atom stereocenters. The number of hydrogen-bond acceptors (Lipinski definition) is 4. The van der Waals surface area contributed by atoms with Gasteiger partial charge in [-0.2, -0.15) is 0 Å². The third kappa shape index (κ3) is 5.32. The topological polar surface area (TPSA) is 42.9 Å². The Morgan fingerprint density at radius 2 is 2.21 bits per heavy atom. The number of ether oxygens (including phenoxy) is 2. The van der Waals surface area contributed by atoms with Gasteiger partial charge in [0.1, 0.15) is 0 Å². The van der Waals surface area contributed by atoms with Crippen LogP contribution in [0.25, 0.3) is 0 Å². The third-order valence-electron chi connectivity index (χ3n) is 3.79. The van der Waals surface area contributed by atoms with E-state index < -0.39 is 0 Å². The van der Waals surface area contributed by atoms with E-state index in [2.05, 4.69) is 10.3 Å². The van der Waals surface area contributed by atoms with Crippen LogP contribution in [-0.4, -0.2) is 50.4 Å². The van der Waals surface area contributed by atoms with E-state index in [0.29, 0.717) is 19.3 Å². The molecule has 0 aromatic carbocycles. The minimum absolute atomic E-state index is 0.686. The molecule has 2 fully saturated rings. The average molecular weight is 286 g/mol. The van der Waals surface area contributed by atoms with Gasteiger partial charge in [-0.15, -0.1) is 0 Å². The third-order valence-corrected chi connectivity index (χ3v) is 4.90. The molecule has 1 aliphatic heterocycles. The number of amidine groups is 1. The molecule has 2 unspecified atom stereocenters. The van der Waals surface area contributed by atoms with E-state index in [9.17, 15) is 0 Å². The van der Waals surface area contributed by atoms with Crippen LogP contribution in [0.2, 0.25) is 0 Å². The SMILES string of the molecule is COCCOCCCCN=C1NC2CCCC2CS1. The summed E-state index contributed by atoms with van der Waals surface area (Å²) in [6.07, 6.45) is 6.30. The van der Waals surface area contributed by atoms with Gasteiger partial charge in [-0.25, -0.2) is 0 Å². The van der Waals surface area contributed by atoms with E-state index in [1.165, 1.54) is 30.2 Å². The summed E-state index contributed by atoms with van der Waals surface area (Å²) in [5.41, 5.74) is 0. The first-order valence-electron chi connectivity index (χ1n) is 7.40. The van der Waals surface area contributed by atoms with Gasteiger partial charge in [0.15, 0.2) is 5.17 Å². The normalized spacial score (nSPS) is 28.4. The lowest BCUT2D eigenvalue weighted by Crippen LogP contribution is -2.41. The summed E-state index contributed by atoms with van der Waals surface area (Å²) in [4.78, 5) is 4.67. The van der Waals surface area contributed by atoms with E-state index in [4.69, 9.17) is 9.47 Å². The number of hydrogen-bond donors (Lipinski definition) is 1. The van der Waals surface area contributed by atoms with Crippen molar-refractivity contribution >= 4 is 16.9 Å². The highest BCUT2D eigenvalue weighted by Crippen LogP contribution is 2.32. The molecule has 0 aromatic rings. The second-order valence-electron chi connectivity index (χ2n) is 5.25. The van der Waals surface area contributed by atoms with Gasteiger partial charge in [0.25, 0.3) is 0 Å². The average Bonchev–Trinajstić information content (AvgIpc) is 2.89. The molecule has 0 aromatic heterocycles. The molecule has 4 nitrogen and oxygen atoms in total. The maximum absolute atomic E-state index is 5.43. The summed E-state index contributed by atoms with van der Waals surface area (Å²) < 4.78 is 10.4. The van der Waals surface area contributed by atoms with Crippen LogP contribution in [0.1, 0.15) is 32.1 Å². The van der Waals surface area contributed by atoms with Crippen molar-refractivity contribution in [2.45, 2.75) is 38.1 Å². The van der Waals surface area contributed by atoms with E-state index >= 15 is 0 Å². The molecule has 110 valence electrons. The minimum atomic E-state index is 0.686. The predicted molar refractivity (Wildman–Crippen MR) is 81.0 cm³/mol. The van der Waals surface area contributed by atoms with Crippen molar-refractivity contribution in [2.24, 2.45) is 10.9 Å². The fraction of sp³-hybridized carbons (Fsp3) is 0.929. The summed E-state index contributed by atoms with van der Waals surface area (Å²) >= 11 is 1.91. The van der Waals surface area contributed by atoms with Crippen LogP contribution < -0.4 is 5.32 Å². The first-order chi connectivity index (χ1) is 9.40. The Labute approximate surface area is 120 Å². The molecular weight excluding hydrogens is 260 g/mol. The Hall–Kier alpha value is -0.260. The van der Waals surface area contributed by atoms with Crippen LogP contribution in [0.15, 0.2) is 4.99 Å². The van der Waals surface area contributed by atoms with Gasteiger partial charge in [-0.3, -0.25) is 4.99 Å². The molecule has 19 heavy (non-hydrogen) atoms. The molecule has 1 saturated carbocycles. The highest BCUT2D eigenvalue weighted by Gasteiger charge is 2.31. The lowest BCUT2D eigenvalue weighted by Gasteiger charge is -2.28. The maximum atomic E-state index is 5.43. The Morgan fingerprint density at radius 1 is 1.26 bits per heavy atom. The smallest absolute Gasteiger partial charge is 0.156 e. The second-order valence-corrected chi connectivity index (χ2v) is 6.26. The quantitative estimate of drug-likeness (QED) is 0.695. The molecule has 0 spiro atoms. The summed E-state index contributed by atoms with van der Waals surface area (Å²) in [7, 11) is 1.70. The van der Waals surface area contributed by atoms with Crippen LogP contribution in [0.3, 0.4) is 0 Å². The van der Waals surface area contributed by atoms with Crippen molar-refractivity contribution in [3.8, 4) is 0 Å². The van der Waals surface area contributed by atoms with Crippen molar-refractivity contribution in [2.75, 3.05) is 39.2 Å². The van der Waals surface area contributed by atoms with Gasteiger partial charge < -0.3 is 14.8 Å².